The van der Waals surface area contributed by atoms with E-state index in [1.165, 1.54) is 6.07 Å². The van der Waals surface area contributed by atoms with Crippen molar-refractivity contribution in [3.8, 4) is 11.4 Å². The number of benzene rings is 1. The van der Waals surface area contributed by atoms with Crippen molar-refractivity contribution in [3.05, 3.63) is 35.4 Å². The van der Waals surface area contributed by atoms with E-state index in [2.05, 4.69) is 24.0 Å². The van der Waals surface area contributed by atoms with Crippen LogP contribution in [0.5, 0.6) is 0 Å². The monoisotopic (exact) mass is 253 g/mol. The molecule has 0 aliphatic rings. The molecule has 0 amide bonds. The zero-order valence-corrected chi connectivity index (χ0v) is 10.4. The molecular weight excluding hydrogens is 241 g/mol. The summed E-state index contributed by atoms with van der Waals surface area (Å²) in [7, 11) is 0. The summed E-state index contributed by atoms with van der Waals surface area (Å²) >= 11 is 5.76. The Balaban J connectivity index is 2.46. The molecule has 0 saturated heterocycles. The average molecular weight is 254 g/mol. The highest BCUT2D eigenvalue weighted by Gasteiger charge is 2.14. The maximum atomic E-state index is 13.9. The molecule has 1 aromatic heterocycles. The van der Waals surface area contributed by atoms with Crippen LogP contribution in [0.15, 0.2) is 24.5 Å². The first-order valence-corrected chi connectivity index (χ1v) is 5.79. The molecule has 1 aromatic carbocycles. The van der Waals surface area contributed by atoms with Crippen molar-refractivity contribution in [1.29, 1.82) is 0 Å². The number of hydrogen-bond donors (Lipinski definition) is 0. The molecule has 5 heteroatoms. The van der Waals surface area contributed by atoms with Crippen LogP contribution in [0.3, 0.4) is 0 Å². The Morgan fingerprint density at radius 2 is 2.18 bits per heavy atom. The third-order valence-electron chi connectivity index (χ3n) is 2.37. The second kappa shape index (κ2) is 4.84. The van der Waals surface area contributed by atoms with Crippen LogP contribution >= 0.6 is 11.6 Å². The summed E-state index contributed by atoms with van der Waals surface area (Å²) in [6.07, 6.45) is 1.61. The fraction of sp³-hybridized carbons (Fsp3) is 0.333. The third kappa shape index (κ3) is 2.47. The van der Waals surface area contributed by atoms with Gasteiger partial charge < -0.3 is 4.57 Å². The van der Waals surface area contributed by atoms with Crippen molar-refractivity contribution >= 4 is 11.6 Å². The van der Waals surface area contributed by atoms with E-state index in [0.717, 1.165) is 6.54 Å². The van der Waals surface area contributed by atoms with Gasteiger partial charge in [-0.25, -0.2) is 4.39 Å². The highest BCUT2D eigenvalue weighted by atomic mass is 35.5. The van der Waals surface area contributed by atoms with Gasteiger partial charge >= 0.3 is 0 Å². The van der Waals surface area contributed by atoms with E-state index in [-0.39, 0.29) is 5.02 Å². The number of aromatic nitrogens is 3. The normalized spacial score (nSPS) is 11.1. The van der Waals surface area contributed by atoms with Crippen molar-refractivity contribution in [2.45, 2.75) is 20.4 Å². The van der Waals surface area contributed by atoms with Gasteiger partial charge in [-0.15, -0.1) is 10.2 Å². The predicted molar refractivity (Wildman–Crippen MR) is 65.3 cm³/mol. The zero-order chi connectivity index (χ0) is 12.4. The molecule has 17 heavy (non-hydrogen) atoms. The van der Waals surface area contributed by atoms with E-state index in [1.54, 1.807) is 18.5 Å². The molecule has 0 aliphatic heterocycles. The van der Waals surface area contributed by atoms with Gasteiger partial charge in [0.25, 0.3) is 0 Å². The number of halogens is 2. The molecule has 0 bridgehead atoms. The molecule has 0 unspecified atom stereocenters. The molecule has 0 atom stereocenters. The molecule has 0 aliphatic carbocycles. The summed E-state index contributed by atoms with van der Waals surface area (Å²) in [5, 5.41) is 7.88. The van der Waals surface area contributed by atoms with Gasteiger partial charge in [0, 0.05) is 6.54 Å². The van der Waals surface area contributed by atoms with E-state index in [4.69, 9.17) is 11.6 Å². The summed E-state index contributed by atoms with van der Waals surface area (Å²) in [5.41, 5.74) is 0.385. The van der Waals surface area contributed by atoms with Gasteiger partial charge in [-0.1, -0.05) is 31.5 Å². The Labute approximate surface area is 104 Å². The van der Waals surface area contributed by atoms with Gasteiger partial charge in [0.05, 0.1) is 10.6 Å². The van der Waals surface area contributed by atoms with Crippen molar-refractivity contribution in [3.63, 3.8) is 0 Å². The van der Waals surface area contributed by atoms with Crippen LogP contribution in [0.1, 0.15) is 13.8 Å². The van der Waals surface area contributed by atoms with Crippen LogP contribution in [0.25, 0.3) is 11.4 Å². The van der Waals surface area contributed by atoms with Gasteiger partial charge in [-0.2, -0.15) is 0 Å². The average Bonchev–Trinajstić information content (AvgIpc) is 2.69. The van der Waals surface area contributed by atoms with E-state index in [0.29, 0.717) is 17.3 Å². The quantitative estimate of drug-likeness (QED) is 0.839. The molecule has 2 aromatic rings. The Morgan fingerprint density at radius 3 is 2.88 bits per heavy atom. The highest BCUT2D eigenvalue weighted by molar-refractivity contribution is 6.31. The Kier molecular flexibility index (Phi) is 3.43. The maximum absolute atomic E-state index is 13.9. The van der Waals surface area contributed by atoms with Crippen LogP contribution in [0.4, 0.5) is 4.39 Å². The summed E-state index contributed by atoms with van der Waals surface area (Å²) in [6.45, 7) is 4.91. The van der Waals surface area contributed by atoms with Gasteiger partial charge in [-0.3, -0.25) is 0 Å². The minimum atomic E-state index is -0.452. The second-order valence-electron chi connectivity index (χ2n) is 4.30. The molecule has 3 nitrogen and oxygen atoms in total. The second-order valence-corrected chi connectivity index (χ2v) is 4.71. The predicted octanol–water partition coefficient (Wildman–Crippen LogP) is 3.39. The standard InChI is InChI=1S/C12H13ClFN3/c1-8(2)6-17-7-15-16-12(17)9-4-3-5-10(13)11(9)14/h3-5,7-8H,6H2,1-2H3. The molecule has 0 radical (unpaired) electrons. The highest BCUT2D eigenvalue weighted by Crippen LogP contribution is 2.26. The smallest absolute Gasteiger partial charge is 0.166 e. The summed E-state index contributed by atoms with van der Waals surface area (Å²) in [6, 6.07) is 4.88. The first-order valence-electron chi connectivity index (χ1n) is 5.41. The van der Waals surface area contributed by atoms with Crippen LogP contribution < -0.4 is 0 Å². The Bertz CT molecular complexity index is 522. The fourth-order valence-corrected chi connectivity index (χ4v) is 1.84. The molecule has 0 spiro atoms. The summed E-state index contributed by atoms with van der Waals surface area (Å²) < 4.78 is 15.7. The molecule has 90 valence electrons. The van der Waals surface area contributed by atoms with Crippen molar-refractivity contribution in [2.24, 2.45) is 5.92 Å². The third-order valence-corrected chi connectivity index (χ3v) is 2.66. The molecule has 0 fully saturated rings. The molecule has 0 N–H and O–H groups in total. The number of rotatable bonds is 3. The maximum Gasteiger partial charge on any atom is 0.166 e. The first-order chi connectivity index (χ1) is 8.09. The van der Waals surface area contributed by atoms with Gasteiger partial charge in [0.2, 0.25) is 0 Å². The van der Waals surface area contributed by atoms with E-state index in [1.807, 2.05) is 4.57 Å². The summed E-state index contributed by atoms with van der Waals surface area (Å²) in [4.78, 5) is 0. The lowest BCUT2D eigenvalue weighted by Gasteiger charge is -2.09. The Morgan fingerprint density at radius 1 is 1.41 bits per heavy atom. The lowest BCUT2D eigenvalue weighted by atomic mass is 10.2. The van der Waals surface area contributed by atoms with Crippen molar-refractivity contribution in [1.82, 2.24) is 14.8 Å². The molecule has 0 saturated carbocycles. The molecular formula is C12H13ClFN3. The van der Waals surface area contributed by atoms with Gasteiger partial charge in [0.1, 0.15) is 6.33 Å². The first kappa shape index (κ1) is 12.0. The van der Waals surface area contributed by atoms with Gasteiger partial charge in [0.15, 0.2) is 11.6 Å². The van der Waals surface area contributed by atoms with E-state index in [9.17, 15) is 4.39 Å². The molecule has 2 rings (SSSR count). The minimum Gasteiger partial charge on any atom is -0.313 e. The van der Waals surface area contributed by atoms with Gasteiger partial charge in [-0.05, 0) is 18.1 Å². The zero-order valence-electron chi connectivity index (χ0n) is 9.69. The van der Waals surface area contributed by atoms with Crippen LogP contribution in [-0.2, 0) is 6.54 Å². The van der Waals surface area contributed by atoms with Crippen LogP contribution in [-0.4, -0.2) is 14.8 Å². The van der Waals surface area contributed by atoms with Crippen molar-refractivity contribution < 1.29 is 4.39 Å². The topological polar surface area (TPSA) is 30.7 Å². The Hall–Kier alpha value is -1.42. The summed E-state index contributed by atoms with van der Waals surface area (Å²) in [5.74, 6) is 0.498. The fourth-order valence-electron chi connectivity index (χ4n) is 1.67. The van der Waals surface area contributed by atoms with E-state index < -0.39 is 5.82 Å². The lowest BCUT2D eigenvalue weighted by Crippen LogP contribution is -2.05. The van der Waals surface area contributed by atoms with Crippen LogP contribution in [0, 0.1) is 11.7 Å². The van der Waals surface area contributed by atoms with Crippen LogP contribution in [0.2, 0.25) is 5.02 Å². The minimum absolute atomic E-state index is 0.0987. The number of hydrogen-bond acceptors (Lipinski definition) is 2. The number of nitrogens with zero attached hydrogens (tertiary/aromatic N) is 3. The largest absolute Gasteiger partial charge is 0.313 e. The SMILES string of the molecule is CC(C)Cn1cnnc1-c1cccc(Cl)c1F. The van der Waals surface area contributed by atoms with Crippen molar-refractivity contribution in [2.75, 3.05) is 0 Å². The molecule has 1 heterocycles. The van der Waals surface area contributed by atoms with E-state index >= 15 is 0 Å². The lowest BCUT2D eigenvalue weighted by molar-refractivity contribution is 0.523.